The maximum absolute atomic E-state index is 14.9. The Hall–Kier alpha value is -2.18. The first kappa shape index (κ1) is 31.7. The van der Waals surface area contributed by atoms with Crippen molar-refractivity contribution in [3.05, 3.63) is 65.0 Å². The third-order valence-corrected chi connectivity index (χ3v) is 11.8. The Bertz CT molecular complexity index is 1500. The number of hydrogen-bond acceptors (Lipinski definition) is 5. The predicted molar refractivity (Wildman–Crippen MR) is 138 cm³/mol. The molecular weight excluding hydrogens is 594 g/mol. The van der Waals surface area contributed by atoms with Crippen molar-refractivity contribution in [1.82, 2.24) is 0 Å². The first-order valence-electron chi connectivity index (χ1n) is 12.8. The summed E-state index contributed by atoms with van der Waals surface area (Å²) in [6, 6.07) is 7.30. The highest BCUT2D eigenvalue weighted by Crippen LogP contribution is 2.60. The molecule has 2 aliphatic carbocycles. The molecule has 2 N–H and O–H groups in total. The highest BCUT2D eigenvalue weighted by Gasteiger charge is 2.61. The van der Waals surface area contributed by atoms with Crippen molar-refractivity contribution in [2.75, 3.05) is 0 Å². The number of hydrogen-bond donors (Lipinski definition) is 2. The molecule has 2 aromatic carbocycles. The molecule has 0 spiro atoms. The van der Waals surface area contributed by atoms with Crippen LogP contribution < -0.4 is 0 Å². The predicted octanol–water partition coefficient (Wildman–Crippen LogP) is 6.06. The van der Waals surface area contributed by atoms with E-state index >= 15 is 0 Å². The van der Waals surface area contributed by atoms with Gasteiger partial charge in [0.25, 0.3) is 0 Å². The van der Waals surface area contributed by atoms with Gasteiger partial charge in [-0.2, -0.15) is 13.2 Å². The summed E-state index contributed by atoms with van der Waals surface area (Å²) in [5.74, 6) is -2.67. The summed E-state index contributed by atoms with van der Waals surface area (Å²) in [4.78, 5) is 31.3. The van der Waals surface area contributed by atoms with Gasteiger partial charge >= 0.3 is 14.0 Å². The number of sulfone groups is 1. The Balaban J connectivity index is 1.83. The van der Waals surface area contributed by atoms with Crippen LogP contribution in [0.5, 0.6) is 0 Å². The van der Waals surface area contributed by atoms with Gasteiger partial charge in [-0.3, -0.25) is 9.32 Å². The van der Waals surface area contributed by atoms with Gasteiger partial charge in [-0.15, -0.1) is 0 Å². The minimum atomic E-state index is -5.21. The van der Waals surface area contributed by atoms with Crippen LogP contribution in [0, 0.1) is 17.7 Å². The molecule has 0 heterocycles. The van der Waals surface area contributed by atoms with Crippen LogP contribution in [-0.2, 0) is 40.6 Å². The second-order valence-corrected chi connectivity index (χ2v) is 14.8. The van der Waals surface area contributed by atoms with E-state index in [-0.39, 0.29) is 48.1 Å². The summed E-state index contributed by atoms with van der Waals surface area (Å²) in [5.41, 5.74) is -5.81. The van der Waals surface area contributed by atoms with Gasteiger partial charge in [0.05, 0.1) is 4.90 Å². The van der Waals surface area contributed by atoms with Gasteiger partial charge in [0.15, 0.2) is 15.6 Å². The molecule has 1 saturated carbocycles. The fourth-order valence-corrected chi connectivity index (χ4v) is 9.52. The van der Waals surface area contributed by atoms with E-state index in [0.29, 0.717) is 6.92 Å². The third-order valence-electron chi connectivity index (χ3n) is 8.48. The number of phosphoric acid groups is 1. The summed E-state index contributed by atoms with van der Waals surface area (Å²) in [5, 5.41) is 0. The molecule has 0 aromatic heterocycles. The van der Waals surface area contributed by atoms with Crippen LogP contribution in [0.15, 0.2) is 47.4 Å². The average molecular weight is 625 g/mol. The molecule has 0 amide bonds. The van der Waals surface area contributed by atoms with Gasteiger partial charge in [-0.1, -0.05) is 18.2 Å². The van der Waals surface area contributed by atoms with E-state index in [1.165, 1.54) is 19.9 Å². The Morgan fingerprint density at radius 3 is 2.22 bits per heavy atom. The Labute approximate surface area is 234 Å². The van der Waals surface area contributed by atoms with Gasteiger partial charge in [0.1, 0.15) is 16.2 Å². The lowest BCUT2D eigenvalue weighted by Crippen LogP contribution is -2.45. The standard InChI is InChI=1S/C27H30F5O7PS/c1-24(2,39-40(34,35)36)23(33)15-17-12-13-26(41(37,38)20-8-6-19(28)7-9-20)21(17)10-4-16-14-18(5-11-22(16)26)25(3,29)27(30,31)32/h5-9,11,14,17,21H,4,10,12-13,15H2,1-3H3,(H2,34,35,36)/t17-,21-,25?,26-/m0/s1. The lowest BCUT2D eigenvalue weighted by atomic mass is 9.71. The molecule has 226 valence electrons. The number of Topliss-reactive ketones (excluding diaryl/α,β-unsaturated/α-hetero) is 1. The molecule has 1 unspecified atom stereocenters. The number of carbonyl (C=O) groups is 1. The van der Waals surface area contributed by atoms with Crippen LogP contribution in [0.1, 0.15) is 63.1 Å². The minimum Gasteiger partial charge on any atom is -0.303 e. The van der Waals surface area contributed by atoms with Gasteiger partial charge in [-0.05, 0) is 99.2 Å². The van der Waals surface area contributed by atoms with Crippen molar-refractivity contribution in [2.24, 2.45) is 11.8 Å². The van der Waals surface area contributed by atoms with E-state index < -0.39 is 68.9 Å². The van der Waals surface area contributed by atoms with E-state index in [0.717, 1.165) is 36.4 Å². The molecule has 4 rings (SSSR count). The maximum Gasteiger partial charge on any atom is 0.470 e. The van der Waals surface area contributed by atoms with Gasteiger partial charge in [-0.25, -0.2) is 21.8 Å². The smallest absolute Gasteiger partial charge is 0.303 e. The van der Waals surface area contributed by atoms with Crippen LogP contribution in [0.3, 0.4) is 0 Å². The first-order valence-corrected chi connectivity index (χ1v) is 15.8. The van der Waals surface area contributed by atoms with E-state index in [1.54, 1.807) is 0 Å². The molecule has 2 aromatic rings. The molecule has 0 aliphatic heterocycles. The SMILES string of the molecule is CC(C)(OP(=O)(O)O)C(=O)C[C@@H]1CC[C@@]2(S(=O)(=O)c3ccc(F)cc3)c3ccc(C(C)(F)C(F)(F)F)cc3CC[C@@H]12. The first-order chi connectivity index (χ1) is 18.6. The van der Waals surface area contributed by atoms with Crippen molar-refractivity contribution in [3.8, 4) is 0 Å². The molecule has 1 fully saturated rings. The van der Waals surface area contributed by atoms with Gasteiger partial charge in [0, 0.05) is 6.42 Å². The molecule has 0 saturated heterocycles. The summed E-state index contributed by atoms with van der Waals surface area (Å²) < 4.78 is 112. The van der Waals surface area contributed by atoms with Crippen LogP contribution in [-0.4, -0.2) is 35.8 Å². The topological polar surface area (TPSA) is 118 Å². The van der Waals surface area contributed by atoms with E-state index in [4.69, 9.17) is 0 Å². The lowest BCUT2D eigenvalue weighted by molar-refractivity contribution is -0.228. The van der Waals surface area contributed by atoms with Crippen molar-refractivity contribution >= 4 is 23.4 Å². The monoisotopic (exact) mass is 624 g/mol. The van der Waals surface area contributed by atoms with Crippen molar-refractivity contribution in [3.63, 3.8) is 0 Å². The zero-order chi connectivity index (χ0) is 30.8. The number of alkyl halides is 4. The summed E-state index contributed by atoms with van der Waals surface area (Å²) in [6.07, 6.45) is -5.10. The molecule has 2 aliphatic rings. The van der Waals surface area contributed by atoms with Crippen LogP contribution >= 0.6 is 7.82 Å². The zero-order valence-electron chi connectivity index (χ0n) is 22.4. The van der Waals surface area contributed by atoms with Crippen LogP contribution in [0.4, 0.5) is 22.0 Å². The number of rotatable bonds is 8. The minimum absolute atomic E-state index is 0.0341. The van der Waals surface area contributed by atoms with E-state index in [1.807, 2.05) is 0 Å². The number of carbonyl (C=O) groups excluding carboxylic acids is 1. The number of phosphoric ester groups is 1. The summed E-state index contributed by atoms with van der Waals surface area (Å²) in [7, 11) is -9.38. The zero-order valence-corrected chi connectivity index (χ0v) is 24.1. The third kappa shape index (κ3) is 5.51. The molecule has 41 heavy (non-hydrogen) atoms. The largest absolute Gasteiger partial charge is 0.470 e. The molecule has 4 atom stereocenters. The summed E-state index contributed by atoms with van der Waals surface area (Å²) in [6.45, 7) is 2.78. The maximum atomic E-state index is 14.9. The van der Waals surface area contributed by atoms with Crippen LogP contribution in [0.25, 0.3) is 0 Å². The molecule has 14 heteroatoms. The normalized spacial score (nSPS) is 24.8. The lowest BCUT2D eigenvalue weighted by Gasteiger charge is -2.43. The number of fused-ring (bicyclic) bond motifs is 3. The molecule has 7 nitrogen and oxygen atoms in total. The highest BCUT2D eigenvalue weighted by molar-refractivity contribution is 7.92. The van der Waals surface area contributed by atoms with Crippen molar-refractivity contribution < 1.29 is 54.0 Å². The highest BCUT2D eigenvalue weighted by atomic mass is 32.2. The number of aryl methyl sites for hydroxylation is 1. The van der Waals surface area contributed by atoms with Crippen molar-refractivity contribution in [1.29, 1.82) is 0 Å². The quantitative estimate of drug-likeness (QED) is 0.208. The molecule has 0 bridgehead atoms. The van der Waals surface area contributed by atoms with E-state index in [2.05, 4.69) is 4.52 Å². The second kappa shape index (κ2) is 10.2. The van der Waals surface area contributed by atoms with E-state index in [9.17, 15) is 49.5 Å². The molecule has 0 radical (unpaired) electrons. The number of benzene rings is 2. The van der Waals surface area contributed by atoms with Crippen molar-refractivity contribution in [2.45, 2.75) is 80.0 Å². The fraction of sp³-hybridized carbons (Fsp3) is 0.519. The average Bonchev–Trinajstić information content (AvgIpc) is 3.22. The summed E-state index contributed by atoms with van der Waals surface area (Å²) >= 11 is 0. The van der Waals surface area contributed by atoms with Gasteiger partial charge < -0.3 is 9.79 Å². The fourth-order valence-electron chi connectivity index (χ4n) is 6.33. The van der Waals surface area contributed by atoms with Gasteiger partial charge in [0.2, 0.25) is 5.67 Å². The van der Waals surface area contributed by atoms with Crippen LogP contribution in [0.2, 0.25) is 0 Å². The Morgan fingerprint density at radius 2 is 1.66 bits per heavy atom. The Morgan fingerprint density at radius 1 is 1.05 bits per heavy atom. The molecular formula is C27H30F5O7PS. The number of ketones is 1. The second-order valence-electron chi connectivity index (χ2n) is 11.4. The Kier molecular flexibility index (Phi) is 7.92. The number of halogens is 5.